The van der Waals surface area contributed by atoms with Crippen molar-refractivity contribution in [2.75, 3.05) is 32.1 Å². The topological polar surface area (TPSA) is 52.7 Å². The number of halogens is 1. The Balaban J connectivity index is 1.72. The fraction of sp³-hybridized carbons (Fsp3) is 0.619. The largest absolute Gasteiger partial charge is 0.351 e. The average Bonchev–Trinajstić information content (AvgIpc) is 2.77. The fourth-order valence-corrected chi connectivity index (χ4v) is 4.62. The van der Waals surface area contributed by atoms with Gasteiger partial charge in [0.2, 0.25) is 11.8 Å². The Hall–Kier alpha value is -1.59. The molecule has 148 valence electrons. The van der Waals surface area contributed by atoms with Crippen LogP contribution in [-0.4, -0.2) is 49.9 Å². The number of amides is 2. The number of benzene rings is 1. The first-order chi connectivity index (χ1) is 12.7. The minimum Gasteiger partial charge on any atom is -0.351 e. The Kier molecular flexibility index (Phi) is 5.82. The summed E-state index contributed by atoms with van der Waals surface area (Å²) in [4.78, 5) is 29.5. The van der Waals surface area contributed by atoms with E-state index in [1.165, 1.54) is 6.42 Å². The third kappa shape index (κ3) is 4.14. The molecule has 27 heavy (non-hydrogen) atoms. The maximum Gasteiger partial charge on any atom is 0.240 e. The first-order valence-electron chi connectivity index (χ1n) is 9.76. The molecule has 0 aromatic heterocycles. The molecule has 1 aliphatic carbocycles. The Labute approximate surface area is 167 Å². The van der Waals surface area contributed by atoms with Gasteiger partial charge in [-0.25, -0.2) is 0 Å². The summed E-state index contributed by atoms with van der Waals surface area (Å²) < 4.78 is 0. The molecule has 1 heterocycles. The Morgan fingerprint density at radius 2 is 2.00 bits per heavy atom. The predicted molar refractivity (Wildman–Crippen MR) is 109 cm³/mol. The molecule has 2 unspecified atom stereocenters. The van der Waals surface area contributed by atoms with Gasteiger partial charge in [-0.05, 0) is 70.5 Å². The second-order valence-corrected chi connectivity index (χ2v) is 9.09. The average molecular weight is 392 g/mol. The molecule has 2 atom stereocenters. The van der Waals surface area contributed by atoms with Crippen LogP contribution in [0.3, 0.4) is 0 Å². The van der Waals surface area contributed by atoms with Crippen LogP contribution in [-0.2, 0) is 15.0 Å². The number of nitrogens with one attached hydrogen (secondary N) is 1. The molecule has 2 amide bonds. The van der Waals surface area contributed by atoms with E-state index in [0.29, 0.717) is 10.9 Å². The van der Waals surface area contributed by atoms with Crippen molar-refractivity contribution in [2.24, 2.45) is 5.92 Å². The zero-order valence-electron chi connectivity index (χ0n) is 16.7. The van der Waals surface area contributed by atoms with Crippen LogP contribution in [0, 0.1) is 5.92 Å². The smallest absolute Gasteiger partial charge is 0.240 e. The molecule has 0 spiro atoms. The van der Waals surface area contributed by atoms with Gasteiger partial charge >= 0.3 is 0 Å². The van der Waals surface area contributed by atoms with Crippen molar-refractivity contribution in [3.8, 4) is 0 Å². The van der Waals surface area contributed by atoms with Crippen molar-refractivity contribution in [1.82, 2.24) is 10.2 Å². The predicted octanol–water partition coefficient (Wildman–Crippen LogP) is 3.20. The van der Waals surface area contributed by atoms with Gasteiger partial charge in [-0.1, -0.05) is 24.4 Å². The number of anilines is 1. The molecule has 3 rings (SSSR count). The SMILES string of the molecule is CN(C)CC1CCCCC1NC(=O)CN1C(=O)C(C)(C)c2cc(Cl)ccc21. The lowest BCUT2D eigenvalue weighted by Gasteiger charge is -2.34. The molecule has 1 aliphatic heterocycles. The number of hydrogen-bond acceptors (Lipinski definition) is 3. The molecule has 2 aliphatic rings. The Morgan fingerprint density at radius 3 is 2.70 bits per heavy atom. The summed E-state index contributed by atoms with van der Waals surface area (Å²) in [6, 6.07) is 5.63. The lowest BCUT2D eigenvalue weighted by molar-refractivity contribution is -0.126. The highest BCUT2D eigenvalue weighted by molar-refractivity contribution is 6.31. The molecule has 6 heteroatoms. The van der Waals surface area contributed by atoms with Crippen LogP contribution >= 0.6 is 11.6 Å². The third-order valence-corrected chi connectivity index (χ3v) is 6.09. The second kappa shape index (κ2) is 7.80. The Bertz CT molecular complexity index is 732. The van der Waals surface area contributed by atoms with Crippen LogP contribution in [0.1, 0.15) is 45.1 Å². The third-order valence-electron chi connectivity index (χ3n) is 5.86. The molecule has 1 aromatic rings. The van der Waals surface area contributed by atoms with E-state index in [4.69, 9.17) is 11.6 Å². The van der Waals surface area contributed by atoms with E-state index in [-0.39, 0.29) is 24.4 Å². The number of fused-ring (bicyclic) bond motifs is 1. The normalized spacial score (nSPS) is 24.2. The van der Waals surface area contributed by atoms with Crippen molar-refractivity contribution >= 4 is 29.1 Å². The first-order valence-corrected chi connectivity index (χ1v) is 10.1. The summed E-state index contributed by atoms with van der Waals surface area (Å²) in [7, 11) is 4.14. The minimum atomic E-state index is -0.668. The molecule has 1 fully saturated rings. The number of carbonyl (C=O) groups excluding carboxylic acids is 2. The Morgan fingerprint density at radius 1 is 1.30 bits per heavy atom. The quantitative estimate of drug-likeness (QED) is 0.838. The van der Waals surface area contributed by atoms with Gasteiger partial charge in [0.1, 0.15) is 6.54 Å². The molecule has 0 bridgehead atoms. The van der Waals surface area contributed by atoms with Crippen LogP contribution in [0.2, 0.25) is 5.02 Å². The van der Waals surface area contributed by atoms with Crippen LogP contribution in [0.15, 0.2) is 18.2 Å². The van der Waals surface area contributed by atoms with Crippen molar-refractivity contribution in [2.45, 2.75) is 51.0 Å². The molecule has 0 saturated heterocycles. The van der Waals surface area contributed by atoms with Gasteiger partial charge < -0.3 is 15.1 Å². The zero-order chi connectivity index (χ0) is 19.8. The first kappa shape index (κ1) is 20.2. The van der Waals surface area contributed by atoms with E-state index in [0.717, 1.165) is 37.1 Å². The highest BCUT2D eigenvalue weighted by Crippen LogP contribution is 2.42. The molecule has 1 aromatic carbocycles. The number of nitrogens with zero attached hydrogens (tertiary/aromatic N) is 2. The summed E-state index contributed by atoms with van der Waals surface area (Å²) in [5, 5.41) is 3.81. The van der Waals surface area contributed by atoms with Gasteiger partial charge in [-0.2, -0.15) is 0 Å². The van der Waals surface area contributed by atoms with Crippen LogP contribution in [0.25, 0.3) is 0 Å². The van der Waals surface area contributed by atoms with Gasteiger partial charge in [0.05, 0.1) is 5.41 Å². The minimum absolute atomic E-state index is 0.0524. The van der Waals surface area contributed by atoms with Crippen molar-refractivity contribution in [3.05, 3.63) is 28.8 Å². The fourth-order valence-electron chi connectivity index (χ4n) is 4.44. The second-order valence-electron chi connectivity index (χ2n) is 8.66. The summed E-state index contributed by atoms with van der Waals surface area (Å²) in [6.45, 7) is 4.80. The maximum absolute atomic E-state index is 12.9. The monoisotopic (exact) mass is 391 g/mol. The van der Waals surface area contributed by atoms with E-state index < -0.39 is 5.41 Å². The lowest BCUT2D eigenvalue weighted by atomic mass is 9.84. The zero-order valence-corrected chi connectivity index (χ0v) is 17.5. The highest BCUT2D eigenvalue weighted by Gasteiger charge is 2.44. The standard InChI is InChI=1S/C21H30ClN3O2/c1-21(2)16-11-15(22)9-10-18(16)25(20(21)27)13-19(26)23-17-8-6-5-7-14(17)12-24(3)4/h9-11,14,17H,5-8,12-13H2,1-4H3,(H,23,26). The molecule has 0 radical (unpaired) electrons. The number of hydrogen-bond donors (Lipinski definition) is 1. The van der Waals surface area contributed by atoms with Crippen molar-refractivity contribution in [1.29, 1.82) is 0 Å². The summed E-state index contributed by atoms with van der Waals surface area (Å²) in [5.74, 6) is 0.329. The van der Waals surface area contributed by atoms with E-state index in [1.807, 2.05) is 26.0 Å². The van der Waals surface area contributed by atoms with E-state index in [9.17, 15) is 9.59 Å². The van der Waals surface area contributed by atoms with Crippen LogP contribution in [0.5, 0.6) is 0 Å². The molecule has 1 saturated carbocycles. The van der Waals surface area contributed by atoms with Gasteiger partial charge in [0.25, 0.3) is 0 Å². The highest BCUT2D eigenvalue weighted by atomic mass is 35.5. The summed E-state index contributed by atoms with van der Waals surface area (Å²) in [5.41, 5.74) is 1.01. The maximum atomic E-state index is 12.9. The van der Waals surface area contributed by atoms with Crippen molar-refractivity contribution < 1.29 is 9.59 Å². The van der Waals surface area contributed by atoms with Crippen LogP contribution < -0.4 is 10.2 Å². The van der Waals surface area contributed by atoms with E-state index >= 15 is 0 Å². The van der Waals surface area contributed by atoms with E-state index in [2.05, 4.69) is 24.3 Å². The van der Waals surface area contributed by atoms with Gasteiger partial charge in [0.15, 0.2) is 0 Å². The number of rotatable bonds is 5. The van der Waals surface area contributed by atoms with Crippen LogP contribution in [0.4, 0.5) is 5.69 Å². The van der Waals surface area contributed by atoms with Gasteiger partial charge in [-0.3, -0.25) is 9.59 Å². The van der Waals surface area contributed by atoms with Crippen molar-refractivity contribution in [3.63, 3.8) is 0 Å². The van der Waals surface area contributed by atoms with Gasteiger partial charge in [-0.15, -0.1) is 0 Å². The molecule has 1 N–H and O–H groups in total. The summed E-state index contributed by atoms with van der Waals surface area (Å²) >= 11 is 6.13. The van der Waals surface area contributed by atoms with E-state index in [1.54, 1.807) is 11.0 Å². The number of carbonyl (C=O) groups is 2. The molecular weight excluding hydrogens is 362 g/mol. The summed E-state index contributed by atoms with van der Waals surface area (Å²) in [6.07, 6.45) is 4.51. The van der Waals surface area contributed by atoms with Gasteiger partial charge in [0, 0.05) is 23.3 Å². The molecular formula is C21H30ClN3O2. The molecule has 5 nitrogen and oxygen atoms in total. The lowest BCUT2D eigenvalue weighted by Crippen LogP contribution is -2.49.